The smallest absolute Gasteiger partial charge is 0.0611 e. The van der Waals surface area contributed by atoms with Gasteiger partial charge < -0.3 is 5.11 Å². The van der Waals surface area contributed by atoms with Gasteiger partial charge in [-0.15, -0.1) is 0 Å². The maximum atomic E-state index is 10.3. The molecule has 0 bridgehead atoms. The third-order valence-corrected chi connectivity index (χ3v) is 3.59. The lowest BCUT2D eigenvalue weighted by Crippen LogP contribution is -2.24. The lowest BCUT2D eigenvalue weighted by Gasteiger charge is -2.30. The molecular formula is C15H22O. The second-order valence-electron chi connectivity index (χ2n) is 5.39. The average molecular weight is 218 g/mol. The summed E-state index contributed by atoms with van der Waals surface area (Å²) in [5, 5.41) is 10.3. The standard InChI is InChI=1S/C15H22O/c1-11(2)10-15(16)14-9-5-7-12-6-3-4-8-13(12)14/h3-4,6,8,11,14-16H,5,7,9-10H2,1-2H3. The molecule has 0 aliphatic heterocycles. The van der Waals surface area contributed by atoms with E-state index in [1.165, 1.54) is 24.0 Å². The molecule has 0 radical (unpaired) electrons. The fourth-order valence-corrected chi connectivity index (χ4v) is 2.84. The molecule has 1 aromatic carbocycles. The molecule has 2 rings (SSSR count). The molecule has 0 aromatic heterocycles. The molecular weight excluding hydrogens is 196 g/mol. The van der Waals surface area contributed by atoms with Gasteiger partial charge >= 0.3 is 0 Å². The summed E-state index contributed by atoms with van der Waals surface area (Å²) in [7, 11) is 0. The SMILES string of the molecule is CC(C)CC(O)C1CCCc2ccccc21. The van der Waals surface area contributed by atoms with Gasteiger partial charge in [0.2, 0.25) is 0 Å². The van der Waals surface area contributed by atoms with Crippen molar-refractivity contribution in [2.75, 3.05) is 0 Å². The Morgan fingerprint density at radius 3 is 2.81 bits per heavy atom. The maximum absolute atomic E-state index is 10.3. The normalized spacial score (nSPS) is 21.9. The summed E-state index contributed by atoms with van der Waals surface area (Å²) in [6.07, 6.45) is 4.29. The van der Waals surface area contributed by atoms with Crippen molar-refractivity contribution in [3.8, 4) is 0 Å². The highest BCUT2D eigenvalue weighted by Crippen LogP contribution is 2.35. The lowest BCUT2D eigenvalue weighted by atomic mass is 9.78. The van der Waals surface area contributed by atoms with Gasteiger partial charge in [0.15, 0.2) is 0 Å². The number of hydrogen-bond acceptors (Lipinski definition) is 1. The van der Waals surface area contributed by atoms with Crippen LogP contribution < -0.4 is 0 Å². The van der Waals surface area contributed by atoms with Gasteiger partial charge in [0.1, 0.15) is 0 Å². The molecule has 0 saturated heterocycles. The highest BCUT2D eigenvalue weighted by Gasteiger charge is 2.26. The Balaban J connectivity index is 2.18. The van der Waals surface area contributed by atoms with Crippen LogP contribution in [0.1, 0.15) is 50.2 Å². The van der Waals surface area contributed by atoms with Crippen molar-refractivity contribution in [1.29, 1.82) is 0 Å². The Morgan fingerprint density at radius 2 is 2.06 bits per heavy atom. The number of aliphatic hydroxyl groups excluding tert-OH is 1. The first kappa shape index (κ1) is 11.7. The first-order valence-electron chi connectivity index (χ1n) is 6.44. The molecule has 1 aliphatic carbocycles. The summed E-state index contributed by atoms with van der Waals surface area (Å²) < 4.78 is 0. The Hall–Kier alpha value is -0.820. The van der Waals surface area contributed by atoms with E-state index in [2.05, 4.69) is 38.1 Å². The lowest BCUT2D eigenvalue weighted by molar-refractivity contribution is 0.112. The zero-order valence-electron chi connectivity index (χ0n) is 10.3. The fraction of sp³-hybridized carbons (Fsp3) is 0.600. The van der Waals surface area contributed by atoms with Gasteiger partial charge in [0.05, 0.1) is 6.10 Å². The van der Waals surface area contributed by atoms with Crippen molar-refractivity contribution < 1.29 is 5.11 Å². The second-order valence-corrected chi connectivity index (χ2v) is 5.39. The number of aryl methyl sites for hydroxylation is 1. The van der Waals surface area contributed by atoms with Crippen LogP contribution >= 0.6 is 0 Å². The van der Waals surface area contributed by atoms with Crippen LogP contribution in [0.25, 0.3) is 0 Å². The largest absolute Gasteiger partial charge is 0.392 e. The Morgan fingerprint density at radius 1 is 1.31 bits per heavy atom. The quantitative estimate of drug-likeness (QED) is 0.823. The molecule has 1 nitrogen and oxygen atoms in total. The number of aliphatic hydroxyl groups is 1. The van der Waals surface area contributed by atoms with Gasteiger partial charge in [-0.3, -0.25) is 0 Å². The van der Waals surface area contributed by atoms with E-state index in [0.717, 1.165) is 12.8 Å². The summed E-state index contributed by atoms with van der Waals surface area (Å²) in [5.74, 6) is 0.941. The predicted molar refractivity (Wildman–Crippen MR) is 67.6 cm³/mol. The molecule has 2 unspecified atom stereocenters. The zero-order chi connectivity index (χ0) is 11.5. The van der Waals surface area contributed by atoms with E-state index >= 15 is 0 Å². The van der Waals surface area contributed by atoms with Crippen molar-refractivity contribution in [3.63, 3.8) is 0 Å². The van der Waals surface area contributed by atoms with E-state index in [1.54, 1.807) is 0 Å². The molecule has 0 saturated carbocycles. The van der Waals surface area contributed by atoms with Crippen molar-refractivity contribution in [2.45, 2.75) is 51.6 Å². The van der Waals surface area contributed by atoms with Crippen molar-refractivity contribution in [2.24, 2.45) is 5.92 Å². The van der Waals surface area contributed by atoms with Crippen LogP contribution in [0.2, 0.25) is 0 Å². The minimum Gasteiger partial charge on any atom is -0.392 e. The molecule has 1 aliphatic rings. The van der Waals surface area contributed by atoms with E-state index in [4.69, 9.17) is 0 Å². The predicted octanol–water partition coefficient (Wildman–Crippen LogP) is 3.51. The van der Waals surface area contributed by atoms with E-state index in [-0.39, 0.29) is 6.10 Å². The summed E-state index contributed by atoms with van der Waals surface area (Å²) in [5.41, 5.74) is 2.84. The molecule has 2 atom stereocenters. The van der Waals surface area contributed by atoms with Crippen LogP contribution in [0.5, 0.6) is 0 Å². The molecule has 1 aromatic rings. The van der Waals surface area contributed by atoms with Crippen LogP contribution in [0.4, 0.5) is 0 Å². The van der Waals surface area contributed by atoms with Gasteiger partial charge in [0.25, 0.3) is 0 Å². The van der Waals surface area contributed by atoms with Crippen LogP contribution in [0.15, 0.2) is 24.3 Å². The third-order valence-electron chi connectivity index (χ3n) is 3.59. The summed E-state index contributed by atoms with van der Waals surface area (Å²) in [6.45, 7) is 4.36. The zero-order valence-corrected chi connectivity index (χ0v) is 10.3. The molecule has 0 fully saturated rings. The van der Waals surface area contributed by atoms with Gasteiger partial charge in [-0.25, -0.2) is 0 Å². The molecule has 0 amide bonds. The minimum absolute atomic E-state index is 0.165. The van der Waals surface area contributed by atoms with Crippen LogP contribution in [-0.4, -0.2) is 11.2 Å². The highest BCUT2D eigenvalue weighted by molar-refractivity contribution is 5.33. The summed E-state index contributed by atoms with van der Waals surface area (Å²) in [4.78, 5) is 0. The Labute approximate surface area is 98.5 Å². The maximum Gasteiger partial charge on any atom is 0.0611 e. The minimum atomic E-state index is -0.165. The number of benzene rings is 1. The molecule has 16 heavy (non-hydrogen) atoms. The van der Waals surface area contributed by atoms with E-state index in [1.807, 2.05) is 0 Å². The second kappa shape index (κ2) is 5.01. The Kier molecular flexibility index (Phi) is 3.65. The monoisotopic (exact) mass is 218 g/mol. The number of fused-ring (bicyclic) bond motifs is 1. The summed E-state index contributed by atoms with van der Waals surface area (Å²) >= 11 is 0. The Bertz CT molecular complexity index is 343. The summed E-state index contributed by atoms with van der Waals surface area (Å²) in [6, 6.07) is 8.61. The molecule has 1 heteroatoms. The molecule has 1 N–H and O–H groups in total. The van der Waals surface area contributed by atoms with E-state index in [0.29, 0.717) is 11.8 Å². The molecule has 0 heterocycles. The topological polar surface area (TPSA) is 20.2 Å². The van der Waals surface area contributed by atoms with E-state index < -0.39 is 0 Å². The van der Waals surface area contributed by atoms with Gasteiger partial charge in [-0.2, -0.15) is 0 Å². The van der Waals surface area contributed by atoms with Gasteiger partial charge in [-0.1, -0.05) is 38.1 Å². The fourth-order valence-electron chi connectivity index (χ4n) is 2.84. The van der Waals surface area contributed by atoms with E-state index in [9.17, 15) is 5.11 Å². The molecule has 0 spiro atoms. The van der Waals surface area contributed by atoms with Crippen molar-refractivity contribution >= 4 is 0 Å². The van der Waals surface area contributed by atoms with Crippen LogP contribution in [0, 0.1) is 5.92 Å². The third kappa shape index (κ3) is 2.46. The van der Waals surface area contributed by atoms with Crippen LogP contribution in [0.3, 0.4) is 0 Å². The van der Waals surface area contributed by atoms with Crippen molar-refractivity contribution in [3.05, 3.63) is 35.4 Å². The number of rotatable bonds is 3. The first-order valence-corrected chi connectivity index (χ1v) is 6.44. The van der Waals surface area contributed by atoms with Crippen molar-refractivity contribution in [1.82, 2.24) is 0 Å². The van der Waals surface area contributed by atoms with Crippen LogP contribution in [-0.2, 0) is 6.42 Å². The van der Waals surface area contributed by atoms with Gasteiger partial charge in [-0.05, 0) is 42.7 Å². The highest BCUT2D eigenvalue weighted by atomic mass is 16.3. The van der Waals surface area contributed by atoms with Gasteiger partial charge in [0, 0.05) is 5.92 Å². The number of hydrogen-bond donors (Lipinski definition) is 1. The molecule has 88 valence electrons. The average Bonchev–Trinajstić information content (AvgIpc) is 2.27. The first-order chi connectivity index (χ1) is 7.68.